The number of rotatable bonds is 8. The topological polar surface area (TPSA) is 36.9 Å². The average Bonchev–Trinajstić information content (AvgIpc) is 2.88. The van der Waals surface area contributed by atoms with Gasteiger partial charge in [-0.25, -0.2) is 8.78 Å². The molecule has 4 rings (SSSR count). The van der Waals surface area contributed by atoms with Gasteiger partial charge in [0.05, 0.1) is 26.4 Å². The van der Waals surface area contributed by atoms with Gasteiger partial charge in [-0.1, -0.05) is 12.1 Å². The highest BCUT2D eigenvalue weighted by Crippen LogP contribution is 2.39. The standard InChI is InChI=1S/C27H30F4O4/c1-3-16-13-34-27(35-14-16)20-10-12-22(26(31)24(20)29)33-15-17-5-7-18(8-6-17)19-9-11-21(32-4-2)25(30)23(19)28/h3,9-12,16-18,27H,1,4-8,13-15H2,2H3. The second kappa shape index (κ2) is 11.4. The fourth-order valence-electron chi connectivity index (χ4n) is 4.65. The van der Waals surface area contributed by atoms with Crippen LogP contribution in [0.3, 0.4) is 0 Å². The molecule has 0 N–H and O–H groups in total. The third-order valence-electron chi connectivity index (χ3n) is 6.73. The summed E-state index contributed by atoms with van der Waals surface area (Å²) in [5.41, 5.74) is 0.336. The molecular formula is C27H30F4O4. The monoisotopic (exact) mass is 494 g/mol. The lowest BCUT2D eigenvalue weighted by Crippen LogP contribution is -2.26. The van der Waals surface area contributed by atoms with Gasteiger partial charge in [-0.05, 0) is 68.2 Å². The number of benzene rings is 2. The number of hydrogen-bond donors (Lipinski definition) is 0. The van der Waals surface area contributed by atoms with Gasteiger partial charge in [0.25, 0.3) is 0 Å². The molecule has 8 heteroatoms. The first-order chi connectivity index (χ1) is 16.9. The Labute approximate surface area is 202 Å². The van der Waals surface area contributed by atoms with E-state index in [9.17, 15) is 17.6 Å². The van der Waals surface area contributed by atoms with Crippen LogP contribution in [0.15, 0.2) is 36.9 Å². The van der Waals surface area contributed by atoms with E-state index in [4.69, 9.17) is 18.9 Å². The Morgan fingerprint density at radius 2 is 1.40 bits per heavy atom. The fraction of sp³-hybridized carbons (Fsp3) is 0.481. The van der Waals surface area contributed by atoms with Crippen LogP contribution in [0.1, 0.15) is 55.9 Å². The Bertz CT molecular complexity index is 1030. The van der Waals surface area contributed by atoms with E-state index >= 15 is 0 Å². The average molecular weight is 495 g/mol. The third-order valence-corrected chi connectivity index (χ3v) is 6.73. The van der Waals surface area contributed by atoms with Gasteiger partial charge < -0.3 is 18.9 Å². The molecule has 1 aliphatic carbocycles. The molecule has 190 valence electrons. The molecule has 0 amide bonds. The molecule has 0 spiro atoms. The maximum absolute atomic E-state index is 14.7. The van der Waals surface area contributed by atoms with Crippen LogP contribution >= 0.6 is 0 Å². The second-order valence-corrected chi connectivity index (χ2v) is 9.02. The molecule has 0 aromatic heterocycles. The van der Waals surface area contributed by atoms with E-state index < -0.39 is 29.6 Å². The molecule has 0 atom stereocenters. The van der Waals surface area contributed by atoms with Crippen LogP contribution < -0.4 is 9.47 Å². The van der Waals surface area contributed by atoms with Crippen molar-refractivity contribution < 1.29 is 36.5 Å². The molecule has 2 aromatic carbocycles. The normalized spacial score (nSPS) is 24.7. The highest BCUT2D eigenvalue weighted by atomic mass is 19.2. The van der Waals surface area contributed by atoms with Crippen molar-refractivity contribution in [2.75, 3.05) is 26.4 Å². The van der Waals surface area contributed by atoms with Crippen LogP contribution in [-0.4, -0.2) is 26.4 Å². The lowest BCUT2D eigenvalue weighted by Gasteiger charge is -2.29. The van der Waals surface area contributed by atoms with Crippen molar-refractivity contribution in [1.29, 1.82) is 0 Å². The van der Waals surface area contributed by atoms with E-state index in [0.29, 0.717) is 44.5 Å². The quantitative estimate of drug-likeness (QED) is 0.297. The minimum Gasteiger partial charge on any atom is -0.491 e. The number of ether oxygens (including phenoxy) is 4. The molecule has 35 heavy (non-hydrogen) atoms. The Morgan fingerprint density at radius 1 is 0.829 bits per heavy atom. The third kappa shape index (κ3) is 5.64. The van der Waals surface area contributed by atoms with Crippen molar-refractivity contribution in [3.63, 3.8) is 0 Å². The van der Waals surface area contributed by atoms with Crippen molar-refractivity contribution in [3.05, 3.63) is 71.3 Å². The van der Waals surface area contributed by atoms with Crippen LogP contribution in [0.2, 0.25) is 0 Å². The molecule has 4 nitrogen and oxygen atoms in total. The summed E-state index contributed by atoms with van der Waals surface area (Å²) in [5, 5.41) is 0. The highest BCUT2D eigenvalue weighted by Gasteiger charge is 2.29. The van der Waals surface area contributed by atoms with Crippen LogP contribution in [0.5, 0.6) is 11.5 Å². The Hall–Kier alpha value is -2.58. The van der Waals surface area contributed by atoms with E-state index in [1.807, 2.05) is 0 Å². The van der Waals surface area contributed by atoms with Gasteiger partial charge in [0.1, 0.15) is 0 Å². The summed E-state index contributed by atoms with van der Waals surface area (Å²) in [6.45, 7) is 6.49. The Kier molecular flexibility index (Phi) is 8.34. The molecule has 2 fully saturated rings. The van der Waals surface area contributed by atoms with Crippen LogP contribution in [0.25, 0.3) is 0 Å². The van der Waals surface area contributed by atoms with Crippen molar-refractivity contribution in [3.8, 4) is 11.5 Å². The van der Waals surface area contributed by atoms with E-state index in [0.717, 1.165) is 0 Å². The molecular weight excluding hydrogens is 464 g/mol. The molecule has 0 unspecified atom stereocenters. The molecule has 1 saturated heterocycles. The van der Waals surface area contributed by atoms with Gasteiger partial charge in [0.2, 0.25) is 11.6 Å². The molecule has 2 aromatic rings. The zero-order valence-electron chi connectivity index (χ0n) is 19.7. The lowest BCUT2D eigenvalue weighted by molar-refractivity contribution is -0.199. The van der Waals surface area contributed by atoms with Crippen molar-refractivity contribution in [1.82, 2.24) is 0 Å². The van der Waals surface area contributed by atoms with Crippen LogP contribution in [-0.2, 0) is 9.47 Å². The zero-order valence-corrected chi connectivity index (χ0v) is 19.7. The predicted octanol–water partition coefficient (Wildman–Crippen LogP) is 6.84. The van der Waals surface area contributed by atoms with E-state index in [2.05, 4.69) is 6.58 Å². The van der Waals surface area contributed by atoms with Gasteiger partial charge >= 0.3 is 0 Å². The molecule has 2 aliphatic rings. The Balaban J connectivity index is 1.32. The summed E-state index contributed by atoms with van der Waals surface area (Å²) in [4.78, 5) is 0. The minimum absolute atomic E-state index is 0.0116. The summed E-state index contributed by atoms with van der Waals surface area (Å²) >= 11 is 0. The minimum atomic E-state index is -1.08. The SMILES string of the molecule is C=CC1COC(c2ccc(OCC3CCC(c4ccc(OCC)c(F)c4F)CC3)c(F)c2F)OC1. The fourth-order valence-corrected chi connectivity index (χ4v) is 4.65. The summed E-state index contributed by atoms with van der Waals surface area (Å²) in [6, 6.07) is 5.84. The van der Waals surface area contributed by atoms with Gasteiger partial charge in [0, 0.05) is 11.5 Å². The smallest absolute Gasteiger partial charge is 0.201 e. The first-order valence-corrected chi connectivity index (χ1v) is 12.0. The van der Waals surface area contributed by atoms with Gasteiger partial charge in [-0.3, -0.25) is 0 Å². The second-order valence-electron chi connectivity index (χ2n) is 9.02. The van der Waals surface area contributed by atoms with Crippen LogP contribution in [0, 0.1) is 35.1 Å². The van der Waals surface area contributed by atoms with E-state index in [-0.39, 0.29) is 48.0 Å². The number of halogens is 4. The summed E-state index contributed by atoms with van der Waals surface area (Å²) in [7, 11) is 0. The van der Waals surface area contributed by atoms with Crippen molar-refractivity contribution >= 4 is 0 Å². The van der Waals surface area contributed by atoms with Crippen molar-refractivity contribution in [2.24, 2.45) is 11.8 Å². The van der Waals surface area contributed by atoms with Crippen LogP contribution in [0.4, 0.5) is 17.6 Å². The zero-order chi connectivity index (χ0) is 24.9. The number of hydrogen-bond acceptors (Lipinski definition) is 4. The summed E-state index contributed by atoms with van der Waals surface area (Å²) in [5.74, 6) is -4.21. The van der Waals surface area contributed by atoms with Crippen molar-refractivity contribution in [2.45, 2.75) is 44.8 Å². The lowest BCUT2D eigenvalue weighted by atomic mass is 9.79. The van der Waals surface area contributed by atoms with E-state index in [1.54, 1.807) is 19.1 Å². The maximum Gasteiger partial charge on any atom is 0.201 e. The first-order valence-electron chi connectivity index (χ1n) is 12.0. The van der Waals surface area contributed by atoms with Gasteiger partial charge in [-0.2, -0.15) is 8.78 Å². The molecule has 0 bridgehead atoms. The molecule has 1 heterocycles. The molecule has 0 radical (unpaired) electrons. The maximum atomic E-state index is 14.7. The first kappa shape index (κ1) is 25.5. The molecule has 1 aliphatic heterocycles. The summed E-state index contributed by atoms with van der Waals surface area (Å²) < 4.78 is 79.8. The van der Waals surface area contributed by atoms with Gasteiger partial charge in [-0.15, -0.1) is 6.58 Å². The molecule has 1 saturated carbocycles. The largest absolute Gasteiger partial charge is 0.491 e. The van der Waals surface area contributed by atoms with Gasteiger partial charge in [0.15, 0.2) is 29.4 Å². The highest BCUT2D eigenvalue weighted by molar-refractivity contribution is 5.34. The summed E-state index contributed by atoms with van der Waals surface area (Å²) in [6.07, 6.45) is 3.43. The predicted molar refractivity (Wildman–Crippen MR) is 122 cm³/mol. The Morgan fingerprint density at radius 3 is 2.00 bits per heavy atom. The van der Waals surface area contributed by atoms with E-state index in [1.165, 1.54) is 18.2 Å².